The van der Waals surface area contributed by atoms with Crippen LogP contribution in [0.4, 0.5) is 0 Å². The van der Waals surface area contributed by atoms with E-state index in [4.69, 9.17) is 16.3 Å². The molecule has 0 atom stereocenters. The summed E-state index contributed by atoms with van der Waals surface area (Å²) in [5.74, 6) is 0.797. The van der Waals surface area contributed by atoms with Crippen molar-refractivity contribution in [3.05, 3.63) is 101 Å². The van der Waals surface area contributed by atoms with Crippen LogP contribution in [-0.4, -0.2) is 24.5 Å². The van der Waals surface area contributed by atoms with Gasteiger partial charge in [0.25, 0.3) is 10.0 Å². The van der Waals surface area contributed by atoms with Gasteiger partial charge in [0.05, 0.1) is 22.5 Å². The van der Waals surface area contributed by atoms with E-state index in [1.165, 1.54) is 10.2 Å². The number of fused-ring (bicyclic) bond motifs is 3. The highest BCUT2D eigenvalue weighted by Gasteiger charge is 2.24. The van der Waals surface area contributed by atoms with E-state index in [1.807, 2.05) is 62.4 Å². The second-order valence-electron chi connectivity index (χ2n) is 7.49. The van der Waals surface area contributed by atoms with Crippen molar-refractivity contribution in [2.75, 3.05) is 7.11 Å². The Balaban J connectivity index is 0.00000141. The van der Waals surface area contributed by atoms with Crippen molar-refractivity contribution in [1.82, 2.24) is 8.96 Å². The fourth-order valence-electron chi connectivity index (χ4n) is 3.80. The van der Waals surface area contributed by atoms with Crippen LogP contribution < -0.4 is 4.74 Å². The molecule has 2 aromatic heterocycles. The second-order valence-corrected chi connectivity index (χ2v) is 9.71. The fraction of sp³-hybridized carbons (Fsp3) is 0.107. The van der Waals surface area contributed by atoms with E-state index in [-0.39, 0.29) is 4.90 Å². The first-order valence-corrected chi connectivity index (χ1v) is 13.0. The lowest BCUT2D eigenvalue weighted by Crippen LogP contribution is -2.13. The maximum Gasteiger partial charge on any atom is 0.269 e. The number of nitrogens with zero attached hydrogens (tertiary/aromatic N) is 2. The number of hydrogen-bond donors (Lipinski definition) is 0. The average Bonchev–Trinajstić information content (AvgIpc) is 3.23. The molecule has 0 unspecified atom stereocenters. The van der Waals surface area contributed by atoms with E-state index in [1.54, 1.807) is 49.6 Å². The lowest BCUT2D eigenvalue weighted by atomic mass is 10.1. The van der Waals surface area contributed by atoms with Gasteiger partial charge in [-0.2, -0.15) is 0 Å². The van der Waals surface area contributed by atoms with Crippen LogP contribution in [0.5, 0.6) is 5.75 Å². The highest BCUT2D eigenvalue weighted by molar-refractivity contribution is 7.90. The number of aromatic nitrogens is 2. The molecule has 3 aromatic carbocycles. The average molecular weight is 505 g/mol. The van der Waals surface area contributed by atoms with Gasteiger partial charge < -0.3 is 4.74 Å². The normalized spacial score (nSPS) is 11.5. The molecule has 7 heteroatoms. The topological polar surface area (TPSA) is 61.2 Å². The van der Waals surface area contributed by atoms with Crippen molar-refractivity contribution in [3.63, 3.8) is 0 Å². The first-order valence-electron chi connectivity index (χ1n) is 11.2. The van der Waals surface area contributed by atoms with Gasteiger partial charge in [-0.05, 0) is 53.6 Å². The van der Waals surface area contributed by atoms with Gasteiger partial charge in [-0.1, -0.05) is 74.0 Å². The van der Waals surface area contributed by atoms with Gasteiger partial charge in [0, 0.05) is 17.0 Å². The summed E-state index contributed by atoms with van der Waals surface area (Å²) in [6.07, 6.45) is 5.43. The van der Waals surface area contributed by atoms with E-state index in [2.05, 4.69) is 4.98 Å². The Hall–Kier alpha value is -3.61. The molecule has 5 aromatic rings. The van der Waals surface area contributed by atoms with Crippen molar-refractivity contribution in [3.8, 4) is 5.75 Å². The molecule has 5 rings (SSSR count). The van der Waals surface area contributed by atoms with Crippen LogP contribution in [0.25, 0.3) is 34.1 Å². The largest absolute Gasteiger partial charge is 0.497 e. The van der Waals surface area contributed by atoms with E-state index >= 15 is 0 Å². The Morgan fingerprint density at radius 3 is 2.20 bits per heavy atom. The van der Waals surface area contributed by atoms with Gasteiger partial charge in [-0.3, -0.25) is 0 Å². The molecule has 0 aliphatic heterocycles. The second kappa shape index (κ2) is 10.3. The van der Waals surface area contributed by atoms with E-state index in [0.717, 1.165) is 22.3 Å². The number of ether oxygens (including phenoxy) is 1. The highest BCUT2D eigenvalue weighted by atomic mass is 35.5. The number of pyridine rings is 1. The minimum absolute atomic E-state index is 0.198. The van der Waals surface area contributed by atoms with Crippen LogP contribution in [0, 0.1) is 0 Å². The number of methoxy groups -OCH3 is 1. The lowest BCUT2D eigenvalue weighted by molar-refractivity contribution is 0.415. The summed E-state index contributed by atoms with van der Waals surface area (Å²) >= 11 is 6.22. The number of halogens is 1. The Morgan fingerprint density at radius 1 is 0.857 bits per heavy atom. The summed E-state index contributed by atoms with van der Waals surface area (Å²) in [5.41, 5.74) is 2.84. The Labute approximate surface area is 210 Å². The van der Waals surface area contributed by atoms with E-state index < -0.39 is 10.0 Å². The Morgan fingerprint density at radius 2 is 1.51 bits per heavy atom. The maximum absolute atomic E-state index is 13.5. The third-order valence-corrected chi connectivity index (χ3v) is 7.35. The standard InChI is InChI=1S/C26H19ClN2O3S.C2H6/c1-32-21-12-9-18(10-13-21)7-8-19-11-14-25-23(15-19)24-16-20(27)17-28-26(24)29(25)33(30,31)22-5-3-2-4-6-22;1-2/h2-17H,1H3;1-2H3/b8-7+;. The monoisotopic (exact) mass is 504 g/mol. The molecule has 5 nitrogen and oxygen atoms in total. The summed E-state index contributed by atoms with van der Waals surface area (Å²) in [4.78, 5) is 4.57. The van der Waals surface area contributed by atoms with Crippen LogP contribution in [0.3, 0.4) is 0 Å². The lowest BCUT2D eigenvalue weighted by Gasteiger charge is -2.08. The first kappa shape index (κ1) is 24.5. The minimum Gasteiger partial charge on any atom is -0.497 e. The molecule has 0 spiro atoms. The molecule has 0 fully saturated rings. The van der Waals surface area contributed by atoms with Gasteiger partial charge in [0.1, 0.15) is 5.75 Å². The number of hydrogen-bond acceptors (Lipinski definition) is 4. The predicted molar refractivity (Wildman–Crippen MR) is 145 cm³/mol. The molecular weight excluding hydrogens is 480 g/mol. The van der Waals surface area contributed by atoms with Gasteiger partial charge in [-0.25, -0.2) is 17.4 Å². The molecule has 35 heavy (non-hydrogen) atoms. The third-order valence-electron chi connectivity index (χ3n) is 5.42. The molecule has 0 amide bonds. The molecule has 2 heterocycles. The summed E-state index contributed by atoms with van der Waals surface area (Å²) in [7, 11) is -2.22. The van der Waals surface area contributed by atoms with E-state index in [9.17, 15) is 8.42 Å². The molecule has 0 aliphatic rings. The quantitative estimate of drug-likeness (QED) is 0.236. The Kier molecular flexibility index (Phi) is 7.24. The smallest absolute Gasteiger partial charge is 0.269 e. The van der Waals surface area contributed by atoms with Gasteiger partial charge >= 0.3 is 0 Å². The zero-order chi connectivity index (χ0) is 25.0. The van der Waals surface area contributed by atoms with Crippen molar-refractivity contribution in [2.24, 2.45) is 0 Å². The van der Waals surface area contributed by atoms with Crippen molar-refractivity contribution < 1.29 is 13.2 Å². The van der Waals surface area contributed by atoms with Gasteiger partial charge in [0.15, 0.2) is 5.65 Å². The summed E-state index contributed by atoms with van der Waals surface area (Å²) in [6, 6.07) is 23.5. The zero-order valence-corrected chi connectivity index (χ0v) is 21.2. The highest BCUT2D eigenvalue weighted by Crippen LogP contribution is 2.33. The van der Waals surface area contributed by atoms with Crippen LogP contribution in [0.15, 0.2) is 90.0 Å². The van der Waals surface area contributed by atoms with Gasteiger partial charge in [-0.15, -0.1) is 0 Å². The molecule has 0 saturated carbocycles. The van der Waals surface area contributed by atoms with Crippen molar-refractivity contribution >= 4 is 55.7 Å². The minimum atomic E-state index is -3.86. The summed E-state index contributed by atoms with van der Waals surface area (Å²) in [5, 5.41) is 1.88. The fourth-order valence-corrected chi connectivity index (χ4v) is 5.47. The molecule has 0 radical (unpaired) electrons. The van der Waals surface area contributed by atoms with Crippen LogP contribution >= 0.6 is 11.6 Å². The van der Waals surface area contributed by atoms with Crippen molar-refractivity contribution in [2.45, 2.75) is 18.7 Å². The number of benzene rings is 3. The van der Waals surface area contributed by atoms with Crippen LogP contribution in [0.1, 0.15) is 25.0 Å². The molecule has 0 bridgehead atoms. The summed E-state index contributed by atoms with van der Waals surface area (Å²) < 4.78 is 33.5. The van der Waals surface area contributed by atoms with Crippen LogP contribution in [0.2, 0.25) is 5.02 Å². The molecule has 0 aliphatic carbocycles. The predicted octanol–water partition coefficient (Wildman–Crippen LogP) is 7.29. The SMILES string of the molecule is CC.COc1ccc(/C=C/c2ccc3c(c2)c2cc(Cl)cnc2n3S(=O)(=O)c2ccccc2)cc1. The molecule has 0 saturated heterocycles. The summed E-state index contributed by atoms with van der Waals surface area (Å²) in [6.45, 7) is 4.00. The van der Waals surface area contributed by atoms with Crippen LogP contribution in [-0.2, 0) is 10.0 Å². The molecule has 0 N–H and O–H groups in total. The maximum atomic E-state index is 13.5. The first-order chi connectivity index (χ1) is 17.0. The van der Waals surface area contributed by atoms with Crippen molar-refractivity contribution in [1.29, 1.82) is 0 Å². The molecule has 178 valence electrons. The number of rotatable bonds is 5. The third kappa shape index (κ3) is 4.81. The zero-order valence-electron chi connectivity index (χ0n) is 19.6. The Bertz CT molecular complexity index is 1610. The van der Waals surface area contributed by atoms with Gasteiger partial charge in [0.2, 0.25) is 0 Å². The van der Waals surface area contributed by atoms with E-state index in [0.29, 0.717) is 21.6 Å². The molecular formula is C28H25ClN2O3S.